The van der Waals surface area contributed by atoms with Gasteiger partial charge in [-0.15, -0.1) is 0 Å². The highest BCUT2D eigenvalue weighted by atomic mass is 16.5. The lowest BCUT2D eigenvalue weighted by Crippen LogP contribution is -2.16. The predicted molar refractivity (Wildman–Crippen MR) is 71.6 cm³/mol. The smallest absolute Gasteiger partial charge is 0.333 e. The van der Waals surface area contributed by atoms with E-state index in [0.29, 0.717) is 25.0 Å². The number of allylic oxidation sites excluding steroid dienone is 1. The van der Waals surface area contributed by atoms with Gasteiger partial charge in [-0.2, -0.15) is 0 Å². The van der Waals surface area contributed by atoms with Gasteiger partial charge in [0.2, 0.25) is 0 Å². The summed E-state index contributed by atoms with van der Waals surface area (Å²) in [5, 5.41) is 0. The number of ether oxygens (including phenoxy) is 1. The molecule has 100 valence electrons. The van der Waals surface area contributed by atoms with E-state index >= 15 is 0 Å². The summed E-state index contributed by atoms with van der Waals surface area (Å²) >= 11 is 0. The van der Waals surface area contributed by atoms with Crippen molar-refractivity contribution in [1.29, 1.82) is 0 Å². The van der Waals surface area contributed by atoms with E-state index in [9.17, 15) is 4.79 Å². The average Bonchev–Trinajstić information content (AvgIpc) is 2.22. The van der Waals surface area contributed by atoms with Gasteiger partial charge in [-0.05, 0) is 31.6 Å². The van der Waals surface area contributed by atoms with Crippen molar-refractivity contribution in [1.82, 2.24) is 0 Å². The van der Waals surface area contributed by atoms with Crippen LogP contribution < -0.4 is 5.73 Å². The van der Waals surface area contributed by atoms with Crippen LogP contribution in [0, 0.1) is 11.8 Å². The van der Waals surface area contributed by atoms with E-state index in [0.717, 1.165) is 18.4 Å². The molecule has 0 aliphatic rings. The van der Waals surface area contributed by atoms with Crippen molar-refractivity contribution in [2.45, 2.75) is 47.5 Å². The first-order chi connectivity index (χ1) is 7.88. The zero-order valence-corrected chi connectivity index (χ0v) is 11.9. The molecule has 0 radical (unpaired) electrons. The number of esters is 1. The van der Waals surface area contributed by atoms with Crippen molar-refractivity contribution in [3.63, 3.8) is 0 Å². The molecule has 0 aliphatic carbocycles. The SMILES string of the molecule is CC(C(=O)OCCN)=C(CC(C)C)CC(C)C. The average molecular weight is 241 g/mol. The van der Waals surface area contributed by atoms with Crippen molar-refractivity contribution < 1.29 is 9.53 Å². The molecule has 0 spiro atoms. The van der Waals surface area contributed by atoms with Gasteiger partial charge in [0, 0.05) is 12.1 Å². The number of rotatable bonds is 7. The molecular weight excluding hydrogens is 214 g/mol. The first-order valence-electron chi connectivity index (χ1n) is 6.44. The van der Waals surface area contributed by atoms with Crippen LogP contribution in [0.4, 0.5) is 0 Å². The van der Waals surface area contributed by atoms with Crippen molar-refractivity contribution >= 4 is 5.97 Å². The Morgan fingerprint density at radius 3 is 1.94 bits per heavy atom. The summed E-state index contributed by atoms with van der Waals surface area (Å²) in [6.07, 6.45) is 1.92. The van der Waals surface area contributed by atoms with Gasteiger partial charge < -0.3 is 10.5 Å². The molecule has 3 heteroatoms. The lowest BCUT2D eigenvalue weighted by Gasteiger charge is -2.16. The van der Waals surface area contributed by atoms with Crippen LogP contribution in [0.5, 0.6) is 0 Å². The number of nitrogens with two attached hydrogens (primary N) is 1. The largest absolute Gasteiger partial charge is 0.461 e. The molecule has 0 heterocycles. The fraction of sp³-hybridized carbons (Fsp3) is 0.786. The Labute approximate surface area is 105 Å². The minimum atomic E-state index is -0.216. The zero-order valence-electron chi connectivity index (χ0n) is 11.9. The van der Waals surface area contributed by atoms with Gasteiger partial charge in [-0.3, -0.25) is 0 Å². The molecule has 0 aliphatic heterocycles. The fourth-order valence-corrected chi connectivity index (χ4v) is 1.78. The Kier molecular flexibility index (Phi) is 7.88. The van der Waals surface area contributed by atoms with Crippen LogP contribution in [0.15, 0.2) is 11.1 Å². The van der Waals surface area contributed by atoms with Crippen LogP contribution in [0.2, 0.25) is 0 Å². The van der Waals surface area contributed by atoms with Gasteiger partial charge >= 0.3 is 5.97 Å². The molecule has 0 aromatic carbocycles. The van der Waals surface area contributed by atoms with Crippen LogP contribution in [0.25, 0.3) is 0 Å². The molecule has 2 N–H and O–H groups in total. The maximum absolute atomic E-state index is 11.8. The predicted octanol–water partition coefficient (Wildman–Crippen LogP) is 2.90. The summed E-state index contributed by atoms with van der Waals surface area (Å²) in [5.74, 6) is 0.897. The third-order valence-corrected chi connectivity index (χ3v) is 2.50. The Morgan fingerprint density at radius 1 is 1.12 bits per heavy atom. The molecule has 0 saturated heterocycles. The van der Waals surface area contributed by atoms with Crippen LogP contribution >= 0.6 is 0 Å². The van der Waals surface area contributed by atoms with Gasteiger partial charge in [0.05, 0.1) is 0 Å². The summed E-state index contributed by atoms with van der Waals surface area (Å²) in [6, 6.07) is 0. The molecule has 17 heavy (non-hydrogen) atoms. The van der Waals surface area contributed by atoms with Crippen molar-refractivity contribution in [2.24, 2.45) is 17.6 Å². The molecule has 0 saturated carbocycles. The van der Waals surface area contributed by atoms with Crippen molar-refractivity contribution in [3.8, 4) is 0 Å². The third-order valence-electron chi connectivity index (χ3n) is 2.50. The second-order valence-electron chi connectivity index (χ2n) is 5.35. The van der Waals surface area contributed by atoms with Gasteiger partial charge in [0.15, 0.2) is 0 Å². The second-order valence-corrected chi connectivity index (χ2v) is 5.35. The van der Waals surface area contributed by atoms with Gasteiger partial charge in [0.1, 0.15) is 6.61 Å². The Morgan fingerprint density at radius 2 is 1.59 bits per heavy atom. The summed E-state index contributed by atoms with van der Waals surface area (Å²) in [4.78, 5) is 11.8. The normalized spacial score (nSPS) is 10.8. The second kappa shape index (κ2) is 8.29. The highest BCUT2D eigenvalue weighted by Gasteiger charge is 2.14. The first kappa shape index (κ1) is 16.2. The highest BCUT2D eigenvalue weighted by Crippen LogP contribution is 2.23. The number of carbonyl (C=O) groups excluding carboxylic acids is 1. The molecule has 0 aromatic heterocycles. The van der Waals surface area contributed by atoms with E-state index in [1.54, 1.807) is 0 Å². The van der Waals surface area contributed by atoms with E-state index in [4.69, 9.17) is 10.5 Å². The van der Waals surface area contributed by atoms with Crippen LogP contribution in [-0.4, -0.2) is 19.1 Å². The lowest BCUT2D eigenvalue weighted by molar-refractivity contribution is -0.138. The monoisotopic (exact) mass is 241 g/mol. The first-order valence-corrected chi connectivity index (χ1v) is 6.44. The Balaban J connectivity index is 4.75. The number of hydrogen-bond acceptors (Lipinski definition) is 3. The number of carbonyl (C=O) groups is 1. The summed E-state index contributed by atoms with van der Waals surface area (Å²) in [5.41, 5.74) is 7.31. The maximum Gasteiger partial charge on any atom is 0.333 e. The highest BCUT2D eigenvalue weighted by molar-refractivity contribution is 5.88. The minimum Gasteiger partial charge on any atom is -0.461 e. The molecular formula is C14H27NO2. The Hall–Kier alpha value is -0.830. The zero-order chi connectivity index (χ0) is 13.4. The van der Waals surface area contributed by atoms with Crippen LogP contribution in [-0.2, 0) is 9.53 Å². The quantitative estimate of drug-likeness (QED) is 0.551. The van der Waals surface area contributed by atoms with Crippen LogP contribution in [0.1, 0.15) is 47.5 Å². The Bertz CT molecular complexity index is 255. The standard InChI is InChI=1S/C14H27NO2/c1-10(2)8-13(9-11(3)4)12(5)14(16)17-7-6-15/h10-11H,6-9,15H2,1-5H3. The van der Waals surface area contributed by atoms with E-state index in [-0.39, 0.29) is 5.97 Å². The fourth-order valence-electron chi connectivity index (χ4n) is 1.78. The van der Waals surface area contributed by atoms with E-state index < -0.39 is 0 Å². The molecule has 0 rings (SSSR count). The molecule has 3 nitrogen and oxygen atoms in total. The number of hydrogen-bond donors (Lipinski definition) is 1. The van der Waals surface area contributed by atoms with E-state index in [1.807, 2.05) is 6.92 Å². The van der Waals surface area contributed by atoms with Crippen LogP contribution in [0.3, 0.4) is 0 Å². The molecule has 0 fully saturated rings. The van der Waals surface area contributed by atoms with Gasteiger partial charge in [0.25, 0.3) is 0 Å². The molecule has 0 atom stereocenters. The third kappa shape index (κ3) is 7.16. The maximum atomic E-state index is 11.8. The summed E-state index contributed by atoms with van der Waals surface area (Å²) < 4.78 is 5.08. The topological polar surface area (TPSA) is 52.3 Å². The van der Waals surface area contributed by atoms with Gasteiger partial charge in [-0.1, -0.05) is 33.3 Å². The van der Waals surface area contributed by atoms with E-state index in [1.165, 1.54) is 5.57 Å². The van der Waals surface area contributed by atoms with Crippen molar-refractivity contribution in [2.75, 3.05) is 13.2 Å². The van der Waals surface area contributed by atoms with Gasteiger partial charge in [-0.25, -0.2) is 4.79 Å². The summed E-state index contributed by atoms with van der Waals surface area (Å²) in [6.45, 7) is 11.2. The summed E-state index contributed by atoms with van der Waals surface area (Å²) in [7, 11) is 0. The molecule has 0 amide bonds. The molecule has 0 bridgehead atoms. The minimum absolute atomic E-state index is 0.216. The molecule has 0 unspecified atom stereocenters. The van der Waals surface area contributed by atoms with Crippen molar-refractivity contribution in [3.05, 3.63) is 11.1 Å². The lowest BCUT2D eigenvalue weighted by atomic mass is 9.91. The van der Waals surface area contributed by atoms with E-state index in [2.05, 4.69) is 27.7 Å². The molecule has 0 aromatic rings.